The van der Waals surface area contributed by atoms with Gasteiger partial charge in [-0.15, -0.1) is 0 Å². The van der Waals surface area contributed by atoms with Gasteiger partial charge in [0.2, 0.25) is 0 Å². The highest BCUT2D eigenvalue weighted by Crippen LogP contribution is 2.32. The Morgan fingerprint density at radius 1 is 0.689 bits per heavy atom. The van der Waals surface area contributed by atoms with Crippen LogP contribution in [0.25, 0.3) is 23.0 Å². The lowest BCUT2D eigenvalue weighted by Crippen LogP contribution is -2.21. The van der Waals surface area contributed by atoms with Gasteiger partial charge in [-0.25, -0.2) is 9.07 Å². The molecule has 0 saturated carbocycles. The van der Waals surface area contributed by atoms with E-state index in [0.717, 1.165) is 27.9 Å². The standard InChI is InChI=1S/C38H27FN4O2/c39-31-20-16-27(17-21-31)26-45-34-22-18-29(19-23-34)36-30(25-42(40-36)32-12-6-2-7-13-32)24-35-37(28-10-4-1-5-11-28)41-43(38(35)44)33-14-8-3-9-15-33/h1-25H,26H2/b35-24-. The number of anilines is 1. The van der Waals surface area contributed by atoms with Gasteiger partial charge >= 0.3 is 0 Å². The molecule has 5 aromatic carbocycles. The van der Waals surface area contributed by atoms with Crippen LogP contribution in [0.2, 0.25) is 0 Å². The number of amides is 1. The highest BCUT2D eigenvalue weighted by molar-refractivity contribution is 6.37. The number of para-hydroxylation sites is 2. The summed E-state index contributed by atoms with van der Waals surface area (Å²) in [5.41, 5.74) is 6.68. The third-order valence-corrected chi connectivity index (χ3v) is 7.44. The van der Waals surface area contributed by atoms with Gasteiger partial charge in [0.15, 0.2) is 0 Å². The third-order valence-electron chi connectivity index (χ3n) is 7.44. The summed E-state index contributed by atoms with van der Waals surface area (Å²) >= 11 is 0. The largest absolute Gasteiger partial charge is 0.489 e. The molecule has 1 amide bonds. The van der Waals surface area contributed by atoms with Crippen molar-refractivity contribution in [2.75, 3.05) is 5.01 Å². The van der Waals surface area contributed by atoms with Crippen LogP contribution in [0.15, 0.2) is 156 Å². The zero-order valence-electron chi connectivity index (χ0n) is 24.1. The number of carbonyl (C=O) groups excluding carboxylic acids is 1. The average Bonchev–Trinajstić information content (AvgIpc) is 3.67. The lowest BCUT2D eigenvalue weighted by Gasteiger charge is -2.11. The minimum Gasteiger partial charge on any atom is -0.489 e. The number of halogens is 1. The Bertz CT molecular complexity index is 2000. The molecular formula is C38H27FN4O2. The second kappa shape index (κ2) is 12.3. The summed E-state index contributed by atoms with van der Waals surface area (Å²) in [6.07, 6.45) is 3.80. The number of aromatic nitrogens is 2. The highest BCUT2D eigenvalue weighted by atomic mass is 19.1. The first-order valence-electron chi connectivity index (χ1n) is 14.5. The first-order chi connectivity index (χ1) is 22.1. The third kappa shape index (κ3) is 5.92. The number of rotatable bonds is 8. The molecule has 0 N–H and O–H groups in total. The van der Waals surface area contributed by atoms with Crippen LogP contribution in [0.3, 0.4) is 0 Å². The number of benzene rings is 5. The van der Waals surface area contributed by atoms with Crippen molar-refractivity contribution in [3.63, 3.8) is 0 Å². The zero-order chi connectivity index (χ0) is 30.6. The van der Waals surface area contributed by atoms with Gasteiger partial charge in [0.25, 0.3) is 5.91 Å². The first-order valence-corrected chi connectivity index (χ1v) is 14.5. The highest BCUT2D eigenvalue weighted by Gasteiger charge is 2.32. The fourth-order valence-corrected chi connectivity index (χ4v) is 5.14. The molecule has 1 aliphatic rings. The van der Waals surface area contributed by atoms with Crippen LogP contribution in [0, 0.1) is 5.82 Å². The Hall–Kier alpha value is -6.08. The van der Waals surface area contributed by atoms with E-state index in [2.05, 4.69) is 0 Å². The minimum atomic E-state index is -0.280. The van der Waals surface area contributed by atoms with Crippen LogP contribution in [-0.2, 0) is 11.4 Å². The molecule has 0 unspecified atom stereocenters. The van der Waals surface area contributed by atoms with Gasteiger partial charge in [-0.3, -0.25) is 4.79 Å². The summed E-state index contributed by atoms with van der Waals surface area (Å²) in [4.78, 5) is 13.9. The van der Waals surface area contributed by atoms with Crippen LogP contribution < -0.4 is 9.75 Å². The molecule has 2 heterocycles. The molecule has 7 rings (SSSR count). The lowest BCUT2D eigenvalue weighted by molar-refractivity contribution is -0.114. The summed E-state index contributed by atoms with van der Waals surface area (Å²) < 4.78 is 21.0. The van der Waals surface area contributed by atoms with Crippen LogP contribution in [0.1, 0.15) is 16.7 Å². The van der Waals surface area contributed by atoms with Crippen molar-refractivity contribution in [3.8, 4) is 22.7 Å². The summed E-state index contributed by atoms with van der Waals surface area (Å²) in [5.74, 6) is 0.175. The Balaban J connectivity index is 1.27. The second-order valence-electron chi connectivity index (χ2n) is 10.5. The molecule has 0 bridgehead atoms. The second-order valence-corrected chi connectivity index (χ2v) is 10.5. The predicted octanol–water partition coefficient (Wildman–Crippen LogP) is 8.09. The topological polar surface area (TPSA) is 59.7 Å². The fourth-order valence-electron chi connectivity index (χ4n) is 5.14. The summed E-state index contributed by atoms with van der Waals surface area (Å²) in [6.45, 7) is 0.321. The molecule has 1 aromatic heterocycles. The molecule has 0 radical (unpaired) electrons. The number of nitrogens with zero attached hydrogens (tertiary/aromatic N) is 4. The number of hydrogen-bond acceptors (Lipinski definition) is 4. The molecule has 0 spiro atoms. The van der Waals surface area contributed by atoms with Gasteiger partial charge in [-0.2, -0.15) is 15.2 Å². The van der Waals surface area contributed by atoms with Gasteiger partial charge in [0.1, 0.15) is 23.9 Å². The molecule has 7 heteroatoms. The maximum atomic E-state index is 13.9. The number of carbonyl (C=O) groups is 1. The van der Waals surface area contributed by atoms with Crippen molar-refractivity contribution in [3.05, 3.63) is 174 Å². The van der Waals surface area contributed by atoms with Crippen molar-refractivity contribution < 1.29 is 13.9 Å². The van der Waals surface area contributed by atoms with Crippen LogP contribution in [0.4, 0.5) is 10.1 Å². The van der Waals surface area contributed by atoms with E-state index in [-0.39, 0.29) is 11.7 Å². The van der Waals surface area contributed by atoms with Gasteiger partial charge in [-0.05, 0) is 72.3 Å². The first kappa shape index (κ1) is 27.7. The van der Waals surface area contributed by atoms with Gasteiger partial charge in [0.05, 0.1) is 22.6 Å². The summed E-state index contributed by atoms with van der Waals surface area (Å²) in [6, 6.07) is 42.9. The Labute approximate surface area is 260 Å². The SMILES string of the molecule is O=C1/C(=C\c2cn(-c3ccccc3)nc2-c2ccc(OCc3ccc(F)cc3)cc2)C(c2ccccc2)=NN1c1ccccc1. The van der Waals surface area contributed by atoms with Gasteiger partial charge < -0.3 is 4.74 Å². The van der Waals surface area contributed by atoms with Crippen LogP contribution in [0.5, 0.6) is 5.75 Å². The van der Waals surface area contributed by atoms with Gasteiger partial charge in [-0.1, -0.05) is 78.9 Å². The summed E-state index contributed by atoms with van der Waals surface area (Å²) in [5, 5.41) is 11.2. The minimum absolute atomic E-state index is 0.219. The number of hydrogen-bond donors (Lipinski definition) is 0. The van der Waals surface area contributed by atoms with E-state index in [0.29, 0.717) is 35.0 Å². The van der Waals surface area contributed by atoms with E-state index >= 15 is 0 Å². The van der Waals surface area contributed by atoms with Crippen molar-refractivity contribution in [1.29, 1.82) is 0 Å². The molecular weight excluding hydrogens is 563 g/mol. The molecule has 6 aromatic rings. The van der Waals surface area contributed by atoms with Crippen LogP contribution in [-0.4, -0.2) is 21.4 Å². The Morgan fingerprint density at radius 2 is 1.31 bits per heavy atom. The number of hydrazone groups is 1. The maximum Gasteiger partial charge on any atom is 0.281 e. The molecule has 45 heavy (non-hydrogen) atoms. The molecule has 0 fully saturated rings. The fraction of sp³-hybridized carbons (Fsp3) is 0.0263. The van der Waals surface area contributed by atoms with Gasteiger partial charge in [0, 0.05) is 22.9 Å². The van der Waals surface area contributed by atoms with E-state index in [1.165, 1.54) is 17.1 Å². The Kier molecular flexibility index (Phi) is 7.56. The van der Waals surface area contributed by atoms with Crippen molar-refractivity contribution >= 4 is 23.4 Å². The molecule has 0 saturated heterocycles. The Morgan fingerprint density at radius 3 is 1.98 bits per heavy atom. The van der Waals surface area contributed by atoms with E-state index in [4.69, 9.17) is 14.9 Å². The average molecular weight is 591 g/mol. The summed E-state index contributed by atoms with van der Waals surface area (Å²) in [7, 11) is 0. The van der Waals surface area contributed by atoms with Crippen molar-refractivity contribution in [1.82, 2.24) is 9.78 Å². The van der Waals surface area contributed by atoms with Crippen LogP contribution >= 0.6 is 0 Å². The quantitative estimate of drug-likeness (QED) is 0.168. The van der Waals surface area contributed by atoms with Crippen molar-refractivity contribution in [2.24, 2.45) is 5.10 Å². The van der Waals surface area contributed by atoms with E-state index in [1.807, 2.05) is 132 Å². The maximum absolute atomic E-state index is 13.9. The smallest absolute Gasteiger partial charge is 0.281 e. The monoisotopic (exact) mass is 590 g/mol. The van der Waals surface area contributed by atoms with Crippen molar-refractivity contribution in [2.45, 2.75) is 6.61 Å². The predicted molar refractivity (Wildman–Crippen MR) is 175 cm³/mol. The van der Waals surface area contributed by atoms with E-state index < -0.39 is 0 Å². The van der Waals surface area contributed by atoms with E-state index in [9.17, 15) is 9.18 Å². The normalized spacial score (nSPS) is 13.7. The molecule has 218 valence electrons. The lowest BCUT2D eigenvalue weighted by atomic mass is 9.99. The molecule has 0 atom stereocenters. The molecule has 1 aliphatic heterocycles. The number of ether oxygens (including phenoxy) is 1. The zero-order valence-corrected chi connectivity index (χ0v) is 24.1. The molecule has 6 nitrogen and oxygen atoms in total. The van der Waals surface area contributed by atoms with E-state index in [1.54, 1.807) is 12.1 Å². The molecule has 0 aliphatic carbocycles.